The van der Waals surface area contributed by atoms with Gasteiger partial charge in [0, 0.05) is 45.9 Å². The number of likely N-dealkylation sites (N-methyl/N-ethyl adjacent to an activating group) is 1. The summed E-state index contributed by atoms with van der Waals surface area (Å²) in [6.07, 6.45) is 2.96. The highest BCUT2D eigenvalue weighted by atomic mass is 127. The number of nitrogens with zero attached hydrogens (tertiary/aromatic N) is 3. The number of hydrogen-bond donors (Lipinski definition) is 2. The number of ether oxygens (including phenoxy) is 1. The van der Waals surface area contributed by atoms with Gasteiger partial charge in [-0.05, 0) is 37.8 Å². The third-order valence-corrected chi connectivity index (χ3v) is 3.99. The quantitative estimate of drug-likeness (QED) is 0.248. The van der Waals surface area contributed by atoms with Crippen molar-refractivity contribution in [1.82, 2.24) is 15.2 Å². The van der Waals surface area contributed by atoms with Gasteiger partial charge < -0.3 is 20.3 Å². The molecule has 0 radical (unpaired) electrons. The van der Waals surface area contributed by atoms with Crippen LogP contribution in [0.15, 0.2) is 23.2 Å². The second-order valence-electron chi connectivity index (χ2n) is 6.38. The van der Waals surface area contributed by atoms with Crippen LogP contribution in [0.2, 0.25) is 0 Å². The minimum absolute atomic E-state index is 0. The first-order valence-electron chi connectivity index (χ1n) is 8.81. The van der Waals surface area contributed by atoms with E-state index < -0.39 is 0 Å². The van der Waals surface area contributed by atoms with Crippen molar-refractivity contribution in [3.05, 3.63) is 23.9 Å². The minimum Gasteiger partial charge on any atom is -0.379 e. The van der Waals surface area contributed by atoms with E-state index in [0.29, 0.717) is 25.4 Å². The molecule has 7 nitrogen and oxygen atoms in total. The maximum absolute atomic E-state index is 12.0. The van der Waals surface area contributed by atoms with Gasteiger partial charge in [-0.15, -0.1) is 24.0 Å². The smallest absolute Gasteiger partial charge is 0.227 e. The van der Waals surface area contributed by atoms with Crippen LogP contribution in [0.5, 0.6) is 0 Å². The van der Waals surface area contributed by atoms with Crippen molar-refractivity contribution in [2.75, 3.05) is 45.7 Å². The van der Waals surface area contributed by atoms with Crippen molar-refractivity contribution in [3.63, 3.8) is 0 Å². The number of pyridine rings is 1. The molecule has 1 amide bonds. The fourth-order valence-corrected chi connectivity index (χ4v) is 2.33. The third-order valence-electron chi connectivity index (χ3n) is 3.99. The van der Waals surface area contributed by atoms with Crippen LogP contribution in [0.4, 0.5) is 5.82 Å². The molecular formula is C18H30IN5O2. The molecule has 1 aromatic heterocycles. The average molecular weight is 475 g/mol. The normalized spacial score (nSPS) is 13.7. The van der Waals surface area contributed by atoms with Crippen LogP contribution in [0.25, 0.3) is 0 Å². The first-order valence-corrected chi connectivity index (χ1v) is 8.81. The van der Waals surface area contributed by atoms with Crippen LogP contribution < -0.4 is 10.6 Å². The van der Waals surface area contributed by atoms with Crippen LogP contribution in [0.1, 0.15) is 25.0 Å². The van der Waals surface area contributed by atoms with Crippen molar-refractivity contribution in [2.45, 2.75) is 26.2 Å². The number of aryl methyl sites for hydroxylation is 1. The molecule has 1 aromatic rings. The topological polar surface area (TPSA) is 78.8 Å². The van der Waals surface area contributed by atoms with E-state index in [1.165, 1.54) is 12.8 Å². The Morgan fingerprint density at radius 1 is 1.42 bits per heavy atom. The molecule has 0 bridgehead atoms. The van der Waals surface area contributed by atoms with Crippen LogP contribution in [0.3, 0.4) is 0 Å². The molecule has 1 saturated carbocycles. The largest absolute Gasteiger partial charge is 0.379 e. The van der Waals surface area contributed by atoms with Gasteiger partial charge >= 0.3 is 0 Å². The van der Waals surface area contributed by atoms with Crippen molar-refractivity contribution in [1.29, 1.82) is 0 Å². The Morgan fingerprint density at radius 3 is 2.85 bits per heavy atom. The summed E-state index contributed by atoms with van der Waals surface area (Å²) < 4.78 is 5.65. The van der Waals surface area contributed by atoms with Crippen molar-refractivity contribution in [2.24, 2.45) is 10.9 Å². The number of aromatic nitrogens is 1. The number of aliphatic imine (C=N–C) groups is 1. The summed E-state index contributed by atoms with van der Waals surface area (Å²) in [7, 11) is 3.70. The number of anilines is 1. The highest BCUT2D eigenvalue weighted by molar-refractivity contribution is 14.0. The number of nitrogens with one attached hydrogen (secondary N) is 2. The molecule has 26 heavy (non-hydrogen) atoms. The highest BCUT2D eigenvalue weighted by Crippen LogP contribution is 2.28. The Bertz CT molecular complexity index is 593. The maximum Gasteiger partial charge on any atom is 0.227 e. The molecule has 2 rings (SSSR count). The van der Waals surface area contributed by atoms with Crippen molar-refractivity contribution < 1.29 is 9.53 Å². The molecule has 1 heterocycles. The lowest BCUT2D eigenvalue weighted by Crippen LogP contribution is -2.41. The van der Waals surface area contributed by atoms with Gasteiger partial charge in [0.05, 0.1) is 6.61 Å². The van der Waals surface area contributed by atoms with Gasteiger partial charge in [0.1, 0.15) is 5.82 Å². The summed E-state index contributed by atoms with van der Waals surface area (Å²) in [4.78, 5) is 22.5. The van der Waals surface area contributed by atoms with Gasteiger partial charge in [-0.1, -0.05) is 6.07 Å². The number of carbonyl (C=O) groups excluding carboxylic acids is 1. The van der Waals surface area contributed by atoms with Gasteiger partial charge in [0.15, 0.2) is 5.96 Å². The molecule has 0 aliphatic heterocycles. The Balaban J connectivity index is 0.00000338. The molecule has 1 aliphatic rings. The summed E-state index contributed by atoms with van der Waals surface area (Å²) in [6.45, 7) is 4.73. The lowest BCUT2D eigenvalue weighted by atomic mass is 10.3. The van der Waals surface area contributed by atoms with E-state index in [4.69, 9.17) is 4.74 Å². The molecular weight excluding hydrogens is 445 g/mol. The number of halogens is 1. The molecule has 2 N–H and O–H groups in total. The van der Waals surface area contributed by atoms with Crippen LogP contribution in [0, 0.1) is 12.8 Å². The SMILES string of the molecule is CN=C(NCCC(=O)Nc1cccc(C)n1)N(C)CCOCC1CC1.I. The second-order valence-corrected chi connectivity index (χ2v) is 6.38. The van der Waals surface area contributed by atoms with Gasteiger partial charge in [-0.3, -0.25) is 9.79 Å². The fraction of sp³-hybridized carbons (Fsp3) is 0.611. The number of guanidine groups is 1. The van der Waals surface area contributed by atoms with Crippen molar-refractivity contribution >= 4 is 41.7 Å². The summed E-state index contributed by atoms with van der Waals surface area (Å²) in [6, 6.07) is 5.55. The first kappa shape index (κ1) is 22.6. The summed E-state index contributed by atoms with van der Waals surface area (Å²) >= 11 is 0. The third kappa shape index (κ3) is 8.79. The highest BCUT2D eigenvalue weighted by Gasteiger charge is 2.21. The van der Waals surface area contributed by atoms with Crippen LogP contribution in [-0.2, 0) is 9.53 Å². The summed E-state index contributed by atoms with van der Waals surface area (Å²) in [5, 5.41) is 6.00. The maximum atomic E-state index is 12.0. The zero-order valence-corrected chi connectivity index (χ0v) is 18.2. The monoisotopic (exact) mass is 475 g/mol. The molecule has 146 valence electrons. The molecule has 0 unspecified atom stereocenters. The second kappa shape index (κ2) is 12.1. The zero-order valence-electron chi connectivity index (χ0n) is 15.8. The molecule has 1 aliphatic carbocycles. The van der Waals surface area contributed by atoms with Crippen LogP contribution >= 0.6 is 24.0 Å². The number of rotatable bonds is 9. The number of carbonyl (C=O) groups is 1. The molecule has 0 saturated heterocycles. The van der Waals surface area contributed by atoms with E-state index in [2.05, 4.69) is 20.6 Å². The van der Waals surface area contributed by atoms with Gasteiger partial charge in [0.2, 0.25) is 5.91 Å². The standard InChI is InChI=1S/C18H29N5O2.HI/c1-14-5-4-6-16(21-14)22-17(24)9-10-20-18(19-2)23(3)11-12-25-13-15-7-8-15;/h4-6,15H,7-13H2,1-3H3,(H,19,20)(H,21,22,24);1H. The van der Waals surface area contributed by atoms with E-state index in [1.54, 1.807) is 13.1 Å². The molecule has 8 heteroatoms. The zero-order chi connectivity index (χ0) is 18.1. The molecule has 0 aromatic carbocycles. The van der Waals surface area contributed by atoms with E-state index >= 15 is 0 Å². The fourth-order valence-electron chi connectivity index (χ4n) is 2.33. The van der Waals surface area contributed by atoms with Crippen LogP contribution in [-0.4, -0.2) is 62.1 Å². The predicted octanol–water partition coefficient (Wildman–Crippen LogP) is 2.27. The number of amides is 1. The Hall–Kier alpha value is -1.42. The van der Waals surface area contributed by atoms with Gasteiger partial charge in [0.25, 0.3) is 0 Å². The molecule has 0 atom stereocenters. The average Bonchev–Trinajstić information content (AvgIpc) is 3.40. The van der Waals surface area contributed by atoms with E-state index in [0.717, 1.165) is 30.7 Å². The minimum atomic E-state index is -0.0727. The van der Waals surface area contributed by atoms with E-state index in [1.807, 2.05) is 31.0 Å². The van der Waals surface area contributed by atoms with E-state index in [9.17, 15) is 4.79 Å². The lowest BCUT2D eigenvalue weighted by Gasteiger charge is -2.22. The Kier molecular flexibility index (Phi) is 10.5. The Labute approximate surface area is 173 Å². The first-order chi connectivity index (χ1) is 12.1. The summed E-state index contributed by atoms with van der Waals surface area (Å²) in [5.74, 6) is 2.05. The predicted molar refractivity (Wildman–Crippen MR) is 115 cm³/mol. The van der Waals surface area contributed by atoms with E-state index in [-0.39, 0.29) is 29.9 Å². The lowest BCUT2D eigenvalue weighted by molar-refractivity contribution is -0.116. The molecule has 0 spiro atoms. The van der Waals surface area contributed by atoms with Gasteiger partial charge in [-0.25, -0.2) is 4.98 Å². The van der Waals surface area contributed by atoms with Gasteiger partial charge in [-0.2, -0.15) is 0 Å². The number of hydrogen-bond acceptors (Lipinski definition) is 4. The van der Waals surface area contributed by atoms with Crippen molar-refractivity contribution in [3.8, 4) is 0 Å². The summed E-state index contributed by atoms with van der Waals surface area (Å²) in [5.41, 5.74) is 0.877. The molecule has 1 fully saturated rings. The Morgan fingerprint density at radius 2 is 2.19 bits per heavy atom.